The van der Waals surface area contributed by atoms with Gasteiger partial charge in [-0.1, -0.05) is 42.5 Å². The van der Waals surface area contributed by atoms with Crippen LogP contribution in [0.1, 0.15) is 17.2 Å². The normalized spacial score (nSPS) is 22.6. The van der Waals surface area contributed by atoms with Gasteiger partial charge in [-0.25, -0.2) is 0 Å². The molecule has 0 saturated carbocycles. The smallest absolute Gasteiger partial charge is 0.0930 e. The van der Waals surface area contributed by atoms with Crippen molar-refractivity contribution >= 4 is 11.8 Å². The molecule has 1 fully saturated rings. The molecule has 2 atom stereocenters. The van der Waals surface area contributed by atoms with Gasteiger partial charge in [0.05, 0.1) is 30.3 Å². The quantitative estimate of drug-likeness (QED) is 0.795. The molecular formula is C18H15N3. The molecule has 3 heteroatoms. The van der Waals surface area contributed by atoms with Gasteiger partial charge in [0.15, 0.2) is 0 Å². The van der Waals surface area contributed by atoms with Gasteiger partial charge in [0.25, 0.3) is 0 Å². The molecular weight excluding hydrogens is 258 g/mol. The second-order valence-electron chi connectivity index (χ2n) is 5.42. The van der Waals surface area contributed by atoms with Gasteiger partial charge in [0.1, 0.15) is 0 Å². The minimum atomic E-state index is -0.0312. The van der Waals surface area contributed by atoms with Gasteiger partial charge < -0.3 is 0 Å². The predicted octanol–water partition coefficient (Wildman–Crippen LogP) is 3.59. The Labute approximate surface area is 124 Å². The molecule has 21 heavy (non-hydrogen) atoms. The average Bonchev–Trinajstić information content (AvgIpc) is 2.95. The molecule has 2 aliphatic rings. The Morgan fingerprint density at radius 3 is 2.57 bits per heavy atom. The maximum atomic E-state index is 9.57. The summed E-state index contributed by atoms with van der Waals surface area (Å²) >= 11 is 0. The van der Waals surface area contributed by atoms with Crippen molar-refractivity contribution in [3.63, 3.8) is 0 Å². The molecule has 0 radical (unpaired) electrons. The number of hydrogen-bond donors (Lipinski definition) is 0. The van der Waals surface area contributed by atoms with Crippen molar-refractivity contribution in [2.45, 2.75) is 6.04 Å². The molecule has 0 spiro atoms. The summed E-state index contributed by atoms with van der Waals surface area (Å²) in [6.45, 7) is 0.726. The highest BCUT2D eigenvalue weighted by Gasteiger charge is 2.41. The first-order chi connectivity index (χ1) is 10.4. The standard InChI is InChI=1S/C18H15N3/c19-12-15-13-21(16-7-2-1-3-8-16)20-11-10-14-6-4-5-9-17(14)18(15)20/h1-11,15,18H,13H2/t15-,18?/m0/s1. The number of benzene rings is 2. The van der Waals surface area contributed by atoms with Crippen LogP contribution >= 0.6 is 0 Å². The van der Waals surface area contributed by atoms with E-state index in [4.69, 9.17) is 0 Å². The molecule has 0 bridgehead atoms. The number of rotatable bonds is 1. The molecule has 0 aromatic heterocycles. The minimum Gasteiger partial charge on any atom is -0.284 e. The average molecular weight is 273 g/mol. The van der Waals surface area contributed by atoms with Crippen molar-refractivity contribution in [1.29, 1.82) is 5.26 Å². The third kappa shape index (κ3) is 1.80. The Kier molecular flexibility index (Phi) is 2.68. The molecule has 4 rings (SSSR count). The van der Waals surface area contributed by atoms with Crippen molar-refractivity contribution in [3.8, 4) is 6.07 Å². The van der Waals surface area contributed by atoms with Crippen LogP contribution < -0.4 is 5.01 Å². The molecule has 0 amide bonds. The summed E-state index contributed by atoms with van der Waals surface area (Å²) in [4.78, 5) is 0. The number of nitrogens with zero attached hydrogens (tertiary/aromatic N) is 3. The third-order valence-corrected chi connectivity index (χ3v) is 4.26. The number of fused-ring (bicyclic) bond motifs is 3. The second-order valence-corrected chi connectivity index (χ2v) is 5.42. The second kappa shape index (κ2) is 4.68. The number of hydrazine groups is 1. The fraction of sp³-hybridized carbons (Fsp3) is 0.167. The highest BCUT2D eigenvalue weighted by atomic mass is 15.7. The van der Waals surface area contributed by atoms with Crippen molar-refractivity contribution in [2.75, 3.05) is 11.6 Å². The van der Waals surface area contributed by atoms with E-state index in [-0.39, 0.29) is 12.0 Å². The highest BCUT2D eigenvalue weighted by molar-refractivity contribution is 5.60. The first-order valence-electron chi connectivity index (χ1n) is 7.16. The number of hydrogen-bond acceptors (Lipinski definition) is 3. The summed E-state index contributed by atoms with van der Waals surface area (Å²) in [5.74, 6) is -0.0312. The lowest BCUT2D eigenvalue weighted by Crippen LogP contribution is -2.35. The molecule has 2 heterocycles. The van der Waals surface area contributed by atoms with Crippen LogP contribution in [0.15, 0.2) is 60.8 Å². The lowest BCUT2D eigenvalue weighted by Gasteiger charge is -2.35. The van der Waals surface area contributed by atoms with Gasteiger partial charge in [-0.15, -0.1) is 0 Å². The number of para-hydroxylation sites is 1. The van der Waals surface area contributed by atoms with Crippen molar-refractivity contribution in [3.05, 3.63) is 71.9 Å². The van der Waals surface area contributed by atoms with Crippen LogP contribution in [-0.4, -0.2) is 11.6 Å². The van der Waals surface area contributed by atoms with Crippen LogP contribution in [-0.2, 0) is 0 Å². The predicted molar refractivity (Wildman–Crippen MR) is 82.9 cm³/mol. The molecule has 2 aromatic rings. The zero-order chi connectivity index (χ0) is 14.2. The summed E-state index contributed by atoms with van der Waals surface area (Å²) < 4.78 is 0. The van der Waals surface area contributed by atoms with Crippen LogP contribution in [0.25, 0.3) is 6.08 Å². The zero-order valence-corrected chi connectivity index (χ0v) is 11.6. The molecule has 1 unspecified atom stereocenters. The SMILES string of the molecule is N#C[C@H]1CN(c2ccccc2)N2C=Cc3ccccc3C12. The van der Waals surface area contributed by atoms with E-state index in [0.717, 1.165) is 12.2 Å². The van der Waals surface area contributed by atoms with E-state index in [1.165, 1.54) is 11.1 Å². The summed E-state index contributed by atoms with van der Waals surface area (Å²) in [6, 6.07) is 21.2. The summed E-state index contributed by atoms with van der Waals surface area (Å²) in [7, 11) is 0. The fourth-order valence-corrected chi connectivity index (χ4v) is 3.29. The summed E-state index contributed by atoms with van der Waals surface area (Å²) in [6.07, 6.45) is 4.22. The Bertz CT molecular complexity index is 730. The van der Waals surface area contributed by atoms with Crippen LogP contribution in [0.5, 0.6) is 0 Å². The van der Waals surface area contributed by atoms with Gasteiger partial charge in [-0.2, -0.15) is 5.26 Å². The Balaban J connectivity index is 1.80. The van der Waals surface area contributed by atoms with Gasteiger partial charge in [0, 0.05) is 6.20 Å². The third-order valence-electron chi connectivity index (χ3n) is 4.26. The molecule has 3 nitrogen and oxygen atoms in total. The van der Waals surface area contributed by atoms with Crippen molar-refractivity contribution in [2.24, 2.45) is 5.92 Å². The van der Waals surface area contributed by atoms with E-state index in [0.29, 0.717) is 0 Å². The van der Waals surface area contributed by atoms with Crippen LogP contribution in [0.4, 0.5) is 5.69 Å². The Morgan fingerprint density at radius 1 is 1.00 bits per heavy atom. The van der Waals surface area contributed by atoms with E-state index < -0.39 is 0 Å². The van der Waals surface area contributed by atoms with E-state index >= 15 is 0 Å². The largest absolute Gasteiger partial charge is 0.284 e. The first kappa shape index (κ1) is 12.0. The van der Waals surface area contributed by atoms with Crippen molar-refractivity contribution < 1.29 is 0 Å². The number of nitriles is 1. The molecule has 2 aromatic carbocycles. The van der Waals surface area contributed by atoms with E-state index in [9.17, 15) is 5.26 Å². The van der Waals surface area contributed by atoms with Gasteiger partial charge >= 0.3 is 0 Å². The van der Waals surface area contributed by atoms with Crippen molar-refractivity contribution in [1.82, 2.24) is 5.01 Å². The molecule has 2 aliphatic heterocycles. The fourth-order valence-electron chi connectivity index (χ4n) is 3.29. The van der Waals surface area contributed by atoms with E-state index in [2.05, 4.69) is 58.7 Å². The lowest BCUT2D eigenvalue weighted by atomic mass is 9.90. The van der Waals surface area contributed by atoms with Gasteiger partial charge in [0.2, 0.25) is 0 Å². The monoisotopic (exact) mass is 273 g/mol. The molecule has 0 N–H and O–H groups in total. The van der Waals surface area contributed by atoms with Gasteiger partial charge in [-0.05, 0) is 29.3 Å². The van der Waals surface area contributed by atoms with Crippen LogP contribution in [0.3, 0.4) is 0 Å². The van der Waals surface area contributed by atoms with E-state index in [1.54, 1.807) is 0 Å². The van der Waals surface area contributed by atoms with E-state index in [1.807, 2.05) is 24.3 Å². The summed E-state index contributed by atoms with van der Waals surface area (Å²) in [5.41, 5.74) is 3.59. The molecule has 1 saturated heterocycles. The lowest BCUT2D eigenvalue weighted by molar-refractivity contribution is 0.311. The number of anilines is 1. The van der Waals surface area contributed by atoms with Crippen LogP contribution in [0, 0.1) is 17.2 Å². The summed E-state index contributed by atoms with van der Waals surface area (Å²) in [5, 5.41) is 14.0. The van der Waals surface area contributed by atoms with Crippen LogP contribution in [0.2, 0.25) is 0 Å². The first-order valence-corrected chi connectivity index (χ1v) is 7.16. The maximum absolute atomic E-state index is 9.57. The maximum Gasteiger partial charge on any atom is 0.0930 e. The Morgan fingerprint density at radius 2 is 1.76 bits per heavy atom. The topological polar surface area (TPSA) is 30.3 Å². The van der Waals surface area contributed by atoms with Gasteiger partial charge in [-0.3, -0.25) is 10.0 Å². The zero-order valence-electron chi connectivity index (χ0n) is 11.6. The molecule has 102 valence electrons. The Hall–Kier alpha value is -2.73. The highest BCUT2D eigenvalue weighted by Crippen LogP contribution is 2.43. The molecule has 0 aliphatic carbocycles. The minimum absolute atomic E-state index is 0.0312.